The molecule has 1 aromatic carbocycles. The number of anilines is 1. The van der Waals surface area contributed by atoms with Gasteiger partial charge in [-0.15, -0.1) is 0 Å². The van der Waals surface area contributed by atoms with Gasteiger partial charge in [0.05, 0.1) is 6.04 Å². The summed E-state index contributed by atoms with van der Waals surface area (Å²) in [5.74, 6) is 0.707. The standard InChI is InChI=1S/C20H24N4O2/c1-23(2)18-13-16(10-11-21-18)20(26)22-17(15-7-4-3-5-8-15)14-24-12-6-9-19(24)25/h3-5,7-8,10-11,13,17H,6,9,12,14H2,1-2H3,(H,22,26)/t17-/m1/s1. The van der Waals surface area contributed by atoms with Crippen molar-refractivity contribution in [3.63, 3.8) is 0 Å². The van der Waals surface area contributed by atoms with E-state index in [4.69, 9.17) is 0 Å². The van der Waals surface area contributed by atoms with Crippen LogP contribution < -0.4 is 10.2 Å². The maximum atomic E-state index is 12.8. The van der Waals surface area contributed by atoms with Crippen molar-refractivity contribution in [1.82, 2.24) is 15.2 Å². The molecule has 1 aliphatic heterocycles. The largest absolute Gasteiger partial charge is 0.363 e. The quantitative estimate of drug-likeness (QED) is 0.866. The molecule has 0 unspecified atom stereocenters. The van der Waals surface area contributed by atoms with Crippen LogP contribution in [-0.4, -0.2) is 48.9 Å². The van der Waals surface area contributed by atoms with Crippen LogP contribution in [0.1, 0.15) is 34.8 Å². The van der Waals surface area contributed by atoms with E-state index in [1.165, 1.54) is 0 Å². The molecule has 136 valence electrons. The van der Waals surface area contributed by atoms with Crippen molar-refractivity contribution in [2.24, 2.45) is 0 Å². The van der Waals surface area contributed by atoms with Crippen LogP contribution in [0.4, 0.5) is 5.82 Å². The molecule has 0 spiro atoms. The number of amides is 2. The van der Waals surface area contributed by atoms with Crippen molar-refractivity contribution in [3.8, 4) is 0 Å². The third-order valence-corrected chi connectivity index (χ3v) is 4.55. The smallest absolute Gasteiger partial charge is 0.252 e. The molecule has 6 nitrogen and oxygen atoms in total. The van der Waals surface area contributed by atoms with Gasteiger partial charge < -0.3 is 15.1 Å². The molecule has 6 heteroatoms. The van der Waals surface area contributed by atoms with Gasteiger partial charge in [0.2, 0.25) is 5.91 Å². The Morgan fingerprint density at radius 1 is 1.27 bits per heavy atom. The highest BCUT2D eigenvalue weighted by molar-refractivity contribution is 5.95. The Kier molecular flexibility index (Phi) is 5.51. The van der Waals surface area contributed by atoms with Crippen LogP contribution >= 0.6 is 0 Å². The summed E-state index contributed by atoms with van der Waals surface area (Å²) in [7, 11) is 3.77. The second kappa shape index (κ2) is 7.99. The van der Waals surface area contributed by atoms with E-state index in [2.05, 4.69) is 10.3 Å². The van der Waals surface area contributed by atoms with E-state index in [9.17, 15) is 9.59 Å². The number of hydrogen-bond donors (Lipinski definition) is 1. The van der Waals surface area contributed by atoms with Crippen molar-refractivity contribution in [2.45, 2.75) is 18.9 Å². The zero-order chi connectivity index (χ0) is 18.5. The topological polar surface area (TPSA) is 65.5 Å². The van der Waals surface area contributed by atoms with Gasteiger partial charge in [0.15, 0.2) is 0 Å². The summed E-state index contributed by atoms with van der Waals surface area (Å²) >= 11 is 0. The molecule has 2 heterocycles. The number of carbonyl (C=O) groups is 2. The summed E-state index contributed by atoms with van der Waals surface area (Å²) in [5, 5.41) is 3.08. The molecule has 0 aliphatic carbocycles. The minimum absolute atomic E-state index is 0.152. The maximum Gasteiger partial charge on any atom is 0.252 e. The van der Waals surface area contributed by atoms with Crippen molar-refractivity contribution >= 4 is 17.6 Å². The van der Waals surface area contributed by atoms with Gasteiger partial charge in [0, 0.05) is 45.4 Å². The normalized spacial score (nSPS) is 15.0. The summed E-state index contributed by atoms with van der Waals surface area (Å²) in [6, 6.07) is 13.0. The number of aromatic nitrogens is 1. The van der Waals surface area contributed by atoms with Crippen molar-refractivity contribution in [3.05, 3.63) is 59.8 Å². The van der Waals surface area contributed by atoms with Gasteiger partial charge in [-0.25, -0.2) is 4.98 Å². The van der Waals surface area contributed by atoms with Crippen molar-refractivity contribution in [2.75, 3.05) is 32.1 Å². The number of nitrogens with one attached hydrogen (secondary N) is 1. The molecule has 0 saturated carbocycles. The zero-order valence-corrected chi connectivity index (χ0v) is 15.2. The highest BCUT2D eigenvalue weighted by atomic mass is 16.2. The Balaban J connectivity index is 1.79. The molecular weight excluding hydrogens is 328 g/mol. The highest BCUT2D eigenvalue weighted by Crippen LogP contribution is 2.19. The van der Waals surface area contributed by atoms with E-state index >= 15 is 0 Å². The maximum absolute atomic E-state index is 12.8. The van der Waals surface area contributed by atoms with Gasteiger partial charge in [-0.2, -0.15) is 0 Å². The first-order chi connectivity index (χ1) is 12.5. The monoisotopic (exact) mass is 352 g/mol. The summed E-state index contributed by atoms with van der Waals surface area (Å²) < 4.78 is 0. The molecule has 2 amide bonds. The number of likely N-dealkylation sites (tertiary alicyclic amines) is 1. The average molecular weight is 352 g/mol. The Hall–Kier alpha value is -2.89. The number of rotatable bonds is 6. The highest BCUT2D eigenvalue weighted by Gasteiger charge is 2.25. The summed E-state index contributed by atoms with van der Waals surface area (Å²) in [6.45, 7) is 1.23. The number of nitrogens with zero attached hydrogens (tertiary/aromatic N) is 3. The third kappa shape index (κ3) is 4.20. The van der Waals surface area contributed by atoms with E-state index in [1.54, 1.807) is 18.3 Å². The van der Waals surface area contributed by atoms with Crippen LogP contribution in [0, 0.1) is 0 Å². The lowest BCUT2D eigenvalue weighted by Gasteiger charge is -2.25. The van der Waals surface area contributed by atoms with Crippen LogP contribution in [0.3, 0.4) is 0 Å². The lowest BCUT2D eigenvalue weighted by Crippen LogP contribution is -2.38. The van der Waals surface area contributed by atoms with E-state index in [0.717, 1.165) is 24.3 Å². The predicted octanol–water partition coefficient (Wildman–Crippen LogP) is 2.24. The molecule has 26 heavy (non-hydrogen) atoms. The molecule has 0 bridgehead atoms. The second-order valence-electron chi connectivity index (χ2n) is 6.68. The predicted molar refractivity (Wildman–Crippen MR) is 101 cm³/mol. The number of pyridine rings is 1. The van der Waals surface area contributed by atoms with Gasteiger partial charge >= 0.3 is 0 Å². The molecule has 1 saturated heterocycles. The van der Waals surface area contributed by atoms with E-state index in [1.807, 2.05) is 54.2 Å². The first-order valence-corrected chi connectivity index (χ1v) is 8.81. The number of hydrogen-bond acceptors (Lipinski definition) is 4. The Morgan fingerprint density at radius 3 is 2.69 bits per heavy atom. The van der Waals surface area contributed by atoms with Gasteiger partial charge in [-0.05, 0) is 24.1 Å². The summed E-state index contributed by atoms with van der Waals surface area (Å²) in [6.07, 6.45) is 3.10. The fourth-order valence-electron chi connectivity index (χ4n) is 3.08. The third-order valence-electron chi connectivity index (χ3n) is 4.55. The molecule has 2 aromatic rings. The summed E-state index contributed by atoms with van der Waals surface area (Å²) in [4.78, 5) is 32.7. The minimum atomic E-state index is -0.248. The average Bonchev–Trinajstić information content (AvgIpc) is 3.06. The zero-order valence-electron chi connectivity index (χ0n) is 15.2. The van der Waals surface area contributed by atoms with E-state index < -0.39 is 0 Å². The van der Waals surface area contributed by atoms with Crippen LogP contribution in [0.25, 0.3) is 0 Å². The van der Waals surface area contributed by atoms with Crippen LogP contribution in [0.5, 0.6) is 0 Å². The minimum Gasteiger partial charge on any atom is -0.363 e. The molecule has 1 aliphatic rings. The Morgan fingerprint density at radius 2 is 2.04 bits per heavy atom. The molecule has 3 rings (SSSR count). The SMILES string of the molecule is CN(C)c1cc(C(=O)N[C@H](CN2CCCC2=O)c2ccccc2)ccn1. The Labute approximate surface area is 153 Å². The molecule has 1 atom stereocenters. The van der Waals surface area contributed by atoms with Gasteiger partial charge in [0.25, 0.3) is 5.91 Å². The van der Waals surface area contributed by atoms with Crippen LogP contribution in [-0.2, 0) is 4.79 Å². The van der Waals surface area contributed by atoms with Crippen LogP contribution in [0.15, 0.2) is 48.7 Å². The Bertz CT molecular complexity index is 776. The van der Waals surface area contributed by atoms with Gasteiger partial charge in [-0.1, -0.05) is 30.3 Å². The molecule has 0 radical (unpaired) electrons. The fraction of sp³-hybridized carbons (Fsp3) is 0.350. The second-order valence-corrected chi connectivity index (χ2v) is 6.68. The number of carbonyl (C=O) groups excluding carboxylic acids is 2. The van der Waals surface area contributed by atoms with Crippen LogP contribution in [0.2, 0.25) is 0 Å². The van der Waals surface area contributed by atoms with Gasteiger partial charge in [-0.3, -0.25) is 9.59 Å². The van der Waals surface area contributed by atoms with Crippen molar-refractivity contribution in [1.29, 1.82) is 0 Å². The van der Waals surface area contributed by atoms with Gasteiger partial charge in [0.1, 0.15) is 5.82 Å². The first-order valence-electron chi connectivity index (χ1n) is 8.81. The van der Waals surface area contributed by atoms with E-state index in [0.29, 0.717) is 18.5 Å². The lowest BCUT2D eigenvalue weighted by atomic mass is 10.1. The molecular formula is C20H24N4O2. The number of benzene rings is 1. The molecule has 1 aromatic heterocycles. The molecule has 1 fully saturated rings. The van der Waals surface area contributed by atoms with E-state index in [-0.39, 0.29) is 17.9 Å². The fourth-order valence-corrected chi connectivity index (χ4v) is 3.08. The van der Waals surface area contributed by atoms with Crippen molar-refractivity contribution < 1.29 is 9.59 Å². The lowest BCUT2D eigenvalue weighted by molar-refractivity contribution is -0.128. The summed E-state index contributed by atoms with van der Waals surface area (Å²) in [5.41, 5.74) is 1.54. The molecule has 1 N–H and O–H groups in total. The first kappa shape index (κ1) is 17.9.